The fourth-order valence-corrected chi connectivity index (χ4v) is 7.75. The number of ether oxygens (including phenoxy) is 4. The van der Waals surface area contributed by atoms with Gasteiger partial charge in [0.15, 0.2) is 23.0 Å². The molecule has 0 atom stereocenters. The molecule has 0 spiro atoms. The van der Waals surface area contributed by atoms with Crippen LogP contribution in [-0.4, -0.2) is 48.0 Å². The van der Waals surface area contributed by atoms with E-state index in [1.165, 1.54) is 0 Å². The SMILES string of the molecule is COC1=C(OC)c2nc1c(OC)c1[nH]c(cc3nc(cc4c(-c5ccccc5)c(-c5ccccc5)c(c2-c2ccccc2)n4-c2ccccc2)C=C3)cc1OC. The van der Waals surface area contributed by atoms with Gasteiger partial charge in [-0.1, -0.05) is 109 Å². The molecular formula is C48H38N4O4. The number of benzene rings is 4. The van der Waals surface area contributed by atoms with Crippen molar-refractivity contribution in [1.82, 2.24) is 19.5 Å². The van der Waals surface area contributed by atoms with Crippen molar-refractivity contribution in [1.29, 1.82) is 0 Å². The van der Waals surface area contributed by atoms with Crippen molar-refractivity contribution in [3.8, 4) is 50.6 Å². The smallest absolute Gasteiger partial charge is 0.192 e. The highest BCUT2D eigenvalue weighted by Gasteiger charge is 2.33. The summed E-state index contributed by atoms with van der Waals surface area (Å²) in [5.41, 5.74) is 12.7. The molecule has 0 amide bonds. The van der Waals surface area contributed by atoms with Crippen molar-refractivity contribution in [2.45, 2.75) is 0 Å². The van der Waals surface area contributed by atoms with E-state index in [0.29, 0.717) is 39.9 Å². The molecule has 274 valence electrons. The van der Waals surface area contributed by atoms with E-state index in [1.54, 1.807) is 28.4 Å². The highest BCUT2D eigenvalue weighted by molar-refractivity contribution is 6.11. The third kappa shape index (κ3) is 5.79. The highest BCUT2D eigenvalue weighted by Crippen LogP contribution is 2.49. The van der Waals surface area contributed by atoms with Crippen molar-refractivity contribution in [2.24, 2.45) is 0 Å². The molecule has 0 fully saturated rings. The van der Waals surface area contributed by atoms with Crippen LogP contribution in [0.25, 0.3) is 84.8 Å². The van der Waals surface area contributed by atoms with Crippen LogP contribution in [0.1, 0.15) is 22.8 Å². The zero-order valence-electron chi connectivity index (χ0n) is 31.4. The molecule has 3 aromatic heterocycles. The van der Waals surface area contributed by atoms with Gasteiger partial charge in [0.1, 0.15) is 17.0 Å². The van der Waals surface area contributed by atoms with Gasteiger partial charge in [-0.2, -0.15) is 0 Å². The molecule has 56 heavy (non-hydrogen) atoms. The highest BCUT2D eigenvalue weighted by atomic mass is 16.5. The van der Waals surface area contributed by atoms with Crippen LogP contribution in [0.2, 0.25) is 0 Å². The zero-order valence-corrected chi connectivity index (χ0v) is 31.4. The molecule has 8 nitrogen and oxygen atoms in total. The molecule has 4 aromatic carbocycles. The van der Waals surface area contributed by atoms with Crippen LogP contribution in [-0.2, 0) is 9.47 Å². The Morgan fingerprint density at radius 2 is 1.04 bits per heavy atom. The summed E-state index contributed by atoms with van der Waals surface area (Å²) in [5.74, 6) is 1.90. The Bertz CT molecular complexity index is 2820. The fraction of sp³-hybridized carbons (Fsp3) is 0.0833. The second-order valence-electron chi connectivity index (χ2n) is 13.3. The van der Waals surface area contributed by atoms with Crippen LogP contribution in [0.15, 0.2) is 140 Å². The summed E-state index contributed by atoms with van der Waals surface area (Å²) < 4.78 is 26.9. The van der Waals surface area contributed by atoms with E-state index in [2.05, 4.69) is 107 Å². The first kappa shape index (κ1) is 34.4. The van der Waals surface area contributed by atoms with Gasteiger partial charge in [-0.3, -0.25) is 0 Å². The predicted octanol–water partition coefficient (Wildman–Crippen LogP) is 11.1. The van der Waals surface area contributed by atoms with E-state index >= 15 is 0 Å². The number of aromatic amines is 1. The van der Waals surface area contributed by atoms with Crippen LogP contribution >= 0.6 is 0 Å². The first-order valence-electron chi connectivity index (χ1n) is 18.3. The molecule has 1 N–H and O–H groups in total. The quantitative estimate of drug-likeness (QED) is 0.167. The van der Waals surface area contributed by atoms with Gasteiger partial charge in [0, 0.05) is 34.0 Å². The number of nitrogens with one attached hydrogen (secondary N) is 1. The third-order valence-corrected chi connectivity index (χ3v) is 10.1. The van der Waals surface area contributed by atoms with E-state index in [0.717, 1.165) is 67.0 Å². The van der Waals surface area contributed by atoms with Crippen LogP contribution in [0.5, 0.6) is 11.5 Å². The van der Waals surface area contributed by atoms with Crippen LogP contribution in [0.3, 0.4) is 0 Å². The average molecular weight is 735 g/mol. The molecule has 0 aliphatic carbocycles. The predicted molar refractivity (Wildman–Crippen MR) is 225 cm³/mol. The Kier molecular flexibility index (Phi) is 8.91. The van der Waals surface area contributed by atoms with Crippen molar-refractivity contribution < 1.29 is 18.9 Å². The van der Waals surface area contributed by atoms with Gasteiger partial charge < -0.3 is 28.5 Å². The summed E-state index contributed by atoms with van der Waals surface area (Å²) in [7, 11) is 6.52. The number of H-pyrrole nitrogens is 1. The Labute approximate surface area is 324 Å². The van der Waals surface area contributed by atoms with Crippen molar-refractivity contribution in [2.75, 3.05) is 28.4 Å². The van der Waals surface area contributed by atoms with Gasteiger partial charge in [0.25, 0.3) is 0 Å². The van der Waals surface area contributed by atoms with Crippen LogP contribution in [0, 0.1) is 0 Å². The third-order valence-electron chi connectivity index (χ3n) is 10.1. The minimum atomic E-state index is 0.426. The monoisotopic (exact) mass is 734 g/mol. The number of hydrogen-bond donors (Lipinski definition) is 1. The van der Waals surface area contributed by atoms with Crippen molar-refractivity contribution in [3.63, 3.8) is 0 Å². The lowest BCUT2D eigenvalue weighted by molar-refractivity contribution is 0.328. The average Bonchev–Trinajstić information content (AvgIpc) is 4.03. The first-order valence-corrected chi connectivity index (χ1v) is 18.3. The summed E-state index contributed by atoms with van der Waals surface area (Å²) in [4.78, 5) is 14.1. The lowest BCUT2D eigenvalue weighted by atomic mass is 9.93. The maximum Gasteiger partial charge on any atom is 0.192 e. The molecule has 5 heterocycles. The van der Waals surface area contributed by atoms with Gasteiger partial charge in [0.2, 0.25) is 0 Å². The zero-order chi connectivity index (χ0) is 38.2. The van der Waals surface area contributed by atoms with Gasteiger partial charge in [0.05, 0.1) is 50.9 Å². The van der Waals surface area contributed by atoms with Gasteiger partial charge in [-0.05, 0) is 53.1 Å². The summed E-state index contributed by atoms with van der Waals surface area (Å²) in [6.45, 7) is 0. The summed E-state index contributed by atoms with van der Waals surface area (Å²) in [6.07, 6.45) is 4.08. The minimum absolute atomic E-state index is 0.426. The molecule has 9 rings (SSSR count). The molecule has 8 heteroatoms. The molecule has 8 bridgehead atoms. The molecule has 7 aromatic rings. The standard InChI is InChI=1S/C48H38N4O4/c1-53-38-29-35-27-33-25-26-34(49-33)28-37-39(30-17-9-5-10-18-30)40(31-19-11-6-12-20-31)45(52(37)36-23-15-8-16-24-36)41(32-21-13-7-14-22-32)43-47(55-3)48(56-4)44(51-43)46(54-2)42(38)50-35/h5-29,50H,1-4H3. The molecule has 0 saturated heterocycles. The number of rotatable bonds is 8. The molecule has 2 aliphatic rings. The Hall–Kier alpha value is -7.32. The largest absolute Gasteiger partial charge is 0.494 e. The topological polar surface area (TPSA) is 83.4 Å². The van der Waals surface area contributed by atoms with Crippen molar-refractivity contribution in [3.05, 3.63) is 162 Å². The molecular weight excluding hydrogens is 697 g/mol. The van der Waals surface area contributed by atoms with E-state index in [9.17, 15) is 0 Å². The molecule has 2 aliphatic heterocycles. The number of nitrogens with zero attached hydrogens (tertiary/aromatic N) is 3. The van der Waals surface area contributed by atoms with E-state index in [-0.39, 0.29) is 0 Å². The number of fused-ring (bicyclic) bond motifs is 8. The lowest BCUT2D eigenvalue weighted by Gasteiger charge is -2.15. The Balaban J connectivity index is 1.67. The van der Waals surface area contributed by atoms with Gasteiger partial charge >= 0.3 is 0 Å². The minimum Gasteiger partial charge on any atom is -0.494 e. The fourth-order valence-electron chi connectivity index (χ4n) is 7.75. The Morgan fingerprint density at radius 3 is 1.61 bits per heavy atom. The summed E-state index contributed by atoms with van der Waals surface area (Å²) in [5, 5.41) is 0. The second-order valence-corrected chi connectivity index (χ2v) is 13.3. The summed E-state index contributed by atoms with van der Waals surface area (Å²) >= 11 is 0. The number of aromatic nitrogens is 4. The number of methoxy groups -OCH3 is 4. The number of hydrogen-bond acceptors (Lipinski definition) is 6. The Morgan fingerprint density at radius 1 is 0.500 bits per heavy atom. The van der Waals surface area contributed by atoms with Gasteiger partial charge in [-0.25, -0.2) is 9.97 Å². The molecule has 0 saturated carbocycles. The van der Waals surface area contributed by atoms with E-state index < -0.39 is 0 Å². The summed E-state index contributed by atoms with van der Waals surface area (Å²) in [6, 6.07) is 47.9. The maximum atomic E-state index is 6.32. The lowest BCUT2D eigenvalue weighted by Crippen LogP contribution is -1.99. The van der Waals surface area contributed by atoms with E-state index in [4.69, 9.17) is 28.9 Å². The maximum absolute atomic E-state index is 6.32. The number of para-hydroxylation sites is 1. The second kappa shape index (κ2) is 14.5. The van der Waals surface area contributed by atoms with E-state index in [1.807, 2.05) is 54.6 Å². The van der Waals surface area contributed by atoms with Crippen molar-refractivity contribution >= 4 is 45.7 Å². The normalized spacial score (nSPS) is 12.1. The first-order chi connectivity index (χ1) is 27.6. The molecule has 0 radical (unpaired) electrons. The van der Waals surface area contributed by atoms with Gasteiger partial charge in [-0.15, -0.1) is 0 Å². The van der Waals surface area contributed by atoms with Crippen LogP contribution < -0.4 is 9.47 Å². The van der Waals surface area contributed by atoms with Crippen LogP contribution in [0.4, 0.5) is 0 Å². The molecule has 0 unspecified atom stereocenters.